The highest BCUT2D eigenvalue weighted by Crippen LogP contribution is 1.98. The summed E-state index contributed by atoms with van der Waals surface area (Å²) in [6.07, 6.45) is 1.18. The lowest BCUT2D eigenvalue weighted by Crippen LogP contribution is -2.42. The molecule has 7 nitrogen and oxygen atoms in total. The van der Waals surface area contributed by atoms with E-state index in [0.717, 1.165) is 12.8 Å². The lowest BCUT2D eigenvalue weighted by atomic mass is 10.2. The molecule has 0 aromatic carbocycles. The summed E-state index contributed by atoms with van der Waals surface area (Å²) in [5.74, 6) is -0.570. The van der Waals surface area contributed by atoms with Crippen molar-refractivity contribution in [3.63, 3.8) is 0 Å². The van der Waals surface area contributed by atoms with Gasteiger partial charge in [-0.3, -0.25) is 9.59 Å². The van der Waals surface area contributed by atoms with Crippen molar-refractivity contribution in [2.75, 3.05) is 40.4 Å². The van der Waals surface area contributed by atoms with E-state index in [1.165, 1.54) is 23.9 Å². The summed E-state index contributed by atoms with van der Waals surface area (Å²) in [5.41, 5.74) is 0. The summed E-state index contributed by atoms with van der Waals surface area (Å²) in [5, 5.41) is 0. The van der Waals surface area contributed by atoms with Crippen LogP contribution in [-0.2, 0) is 19.1 Å². The Hall–Kier alpha value is -1.79. The lowest BCUT2D eigenvalue weighted by Gasteiger charge is -2.21. The number of unbranched alkanes of at least 4 members (excludes halogenated alkanes) is 1. The Morgan fingerprint density at radius 3 is 2.18 bits per heavy atom. The minimum absolute atomic E-state index is 0.128. The third-order valence-electron chi connectivity index (χ3n) is 2.78. The zero-order valence-corrected chi connectivity index (χ0v) is 14.3. The number of hydrogen-bond donors (Lipinski definition) is 0. The summed E-state index contributed by atoms with van der Waals surface area (Å²) in [6, 6.07) is 0. The van der Waals surface area contributed by atoms with Gasteiger partial charge >= 0.3 is 12.1 Å². The topological polar surface area (TPSA) is 76.2 Å². The van der Waals surface area contributed by atoms with Gasteiger partial charge in [-0.2, -0.15) is 0 Å². The van der Waals surface area contributed by atoms with Crippen LogP contribution in [0.15, 0.2) is 0 Å². The highest BCUT2D eigenvalue weighted by atomic mass is 16.6. The maximum Gasteiger partial charge on any atom is 0.409 e. The molecular weight excluding hydrogens is 288 g/mol. The molecule has 0 fully saturated rings. The number of rotatable bonds is 9. The van der Waals surface area contributed by atoms with Crippen molar-refractivity contribution in [3.05, 3.63) is 0 Å². The van der Waals surface area contributed by atoms with E-state index in [4.69, 9.17) is 9.47 Å². The third kappa shape index (κ3) is 9.20. The molecule has 2 amide bonds. The van der Waals surface area contributed by atoms with E-state index < -0.39 is 12.1 Å². The fraction of sp³-hybridized carbons (Fsp3) is 0.800. The van der Waals surface area contributed by atoms with Crippen LogP contribution in [-0.4, -0.2) is 68.2 Å². The van der Waals surface area contributed by atoms with Crippen molar-refractivity contribution in [3.8, 4) is 0 Å². The van der Waals surface area contributed by atoms with Crippen LogP contribution in [0.1, 0.15) is 33.6 Å². The minimum Gasteiger partial charge on any atom is -0.464 e. The molecule has 0 bridgehead atoms. The average Bonchev–Trinajstić information content (AvgIpc) is 2.44. The molecule has 0 saturated heterocycles. The van der Waals surface area contributed by atoms with Gasteiger partial charge in [-0.05, 0) is 12.3 Å². The molecule has 0 radical (unpaired) electrons. The molecule has 7 heteroatoms. The van der Waals surface area contributed by atoms with Gasteiger partial charge in [0.2, 0.25) is 5.91 Å². The van der Waals surface area contributed by atoms with Crippen molar-refractivity contribution in [2.24, 2.45) is 5.92 Å². The number of esters is 1. The van der Waals surface area contributed by atoms with Gasteiger partial charge in [-0.15, -0.1) is 0 Å². The van der Waals surface area contributed by atoms with Crippen molar-refractivity contribution in [1.82, 2.24) is 9.80 Å². The SMILES string of the molecule is CCCCOC(=O)CN(C)C(=O)CN(C)C(=O)OCC(C)C. The van der Waals surface area contributed by atoms with Gasteiger partial charge in [0.1, 0.15) is 13.1 Å². The summed E-state index contributed by atoms with van der Waals surface area (Å²) < 4.78 is 10.00. The predicted octanol–water partition coefficient (Wildman–Crippen LogP) is 1.51. The van der Waals surface area contributed by atoms with Crippen LogP contribution in [0, 0.1) is 5.92 Å². The quantitative estimate of drug-likeness (QED) is 0.476. The molecule has 0 aliphatic rings. The van der Waals surface area contributed by atoms with Crippen LogP contribution in [0.2, 0.25) is 0 Å². The molecule has 0 N–H and O–H groups in total. The first-order valence-electron chi connectivity index (χ1n) is 7.55. The number of ether oxygens (including phenoxy) is 2. The molecule has 0 aliphatic heterocycles. The Morgan fingerprint density at radius 1 is 1.00 bits per heavy atom. The molecule has 0 saturated carbocycles. The molecule has 0 aromatic rings. The lowest BCUT2D eigenvalue weighted by molar-refractivity contribution is -0.148. The Kier molecular flexibility index (Phi) is 9.98. The van der Waals surface area contributed by atoms with Crippen LogP contribution >= 0.6 is 0 Å². The van der Waals surface area contributed by atoms with Crippen LogP contribution in [0.5, 0.6) is 0 Å². The fourth-order valence-corrected chi connectivity index (χ4v) is 1.39. The summed E-state index contributed by atoms with van der Waals surface area (Å²) in [6.45, 7) is 6.24. The average molecular weight is 316 g/mol. The Balaban J connectivity index is 4.12. The van der Waals surface area contributed by atoms with E-state index in [9.17, 15) is 14.4 Å². The van der Waals surface area contributed by atoms with Gasteiger partial charge in [0, 0.05) is 14.1 Å². The van der Waals surface area contributed by atoms with Crippen LogP contribution < -0.4 is 0 Å². The zero-order valence-electron chi connectivity index (χ0n) is 14.3. The number of carbonyl (C=O) groups is 3. The number of hydrogen-bond acceptors (Lipinski definition) is 5. The molecule has 0 rings (SSSR count). The Morgan fingerprint density at radius 2 is 1.64 bits per heavy atom. The van der Waals surface area contributed by atoms with E-state index in [0.29, 0.717) is 13.2 Å². The highest BCUT2D eigenvalue weighted by Gasteiger charge is 2.19. The van der Waals surface area contributed by atoms with Crippen LogP contribution in [0.4, 0.5) is 4.79 Å². The second kappa shape index (κ2) is 10.9. The van der Waals surface area contributed by atoms with Crippen molar-refractivity contribution in [1.29, 1.82) is 0 Å². The smallest absolute Gasteiger partial charge is 0.409 e. The first kappa shape index (κ1) is 20.2. The van der Waals surface area contributed by atoms with Crippen LogP contribution in [0.25, 0.3) is 0 Å². The fourth-order valence-electron chi connectivity index (χ4n) is 1.39. The van der Waals surface area contributed by atoms with Gasteiger partial charge in [0.25, 0.3) is 0 Å². The van der Waals surface area contributed by atoms with Crippen molar-refractivity contribution in [2.45, 2.75) is 33.6 Å². The summed E-state index contributed by atoms with van der Waals surface area (Å²) in [4.78, 5) is 37.5. The van der Waals surface area contributed by atoms with Crippen molar-refractivity contribution >= 4 is 18.0 Å². The number of amides is 2. The molecular formula is C15H28N2O5. The van der Waals surface area contributed by atoms with Crippen LogP contribution in [0.3, 0.4) is 0 Å². The first-order chi connectivity index (χ1) is 10.3. The third-order valence-corrected chi connectivity index (χ3v) is 2.78. The molecule has 0 aliphatic carbocycles. The zero-order chi connectivity index (χ0) is 17.1. The molecule has 0 aromatic heterocycles. The molecule has 0 heterocycles. The summed E-state index contributed by atoms with van der Waals surface area (Å²) in [7, 11) is 2.98. The largest absolute Gasteiger partial charge is 0.464 e. The van der Waals surface area contributed by atoms with E-state index in [-0.39, 0.29) is 24.9 Å². The Bertz CT molecular complexity index is 371. The van der Waals surface area contributed by atoms with Gasteiger partial charge in [0.05, 0.1) is 13.2 Å². The molecule has 128 valence electrons. The van der Waals surface area contributed by atoms with Gasteiger partial charge < -0.3 is 19.3 Å². The summed E-state index contributed by atoms with van der Waals surface area (Å²) >= 11 is 0. The predicted molar refractivity (Wildman–Crippen MR) is 82.3 cm³/mol. The van der Waals surface area contributed by atoms with Crippen molar-refractivity contribution < 1.29 is 23.9 Å². The number of likely N-dealkylation sites (N-methyl/N-ethyl adjacent to an activating group) is 2. The van der Waals surface area contributed by atoms with E-state index >= 15 is 0 Å². The Labute approximate surface area is 132 Å². The molecule has 22 heavy (non-hydrogen) atoms. The molecule has 0 unspecified atom stereocenters. The monoisotopic (exact) mass is 316 g/mol. The molecule has 0 spiro atoms. The van der Waals surface area contributed by atoms with E-state index in [2.05, 4.69) is 0 Å². The number of nitrogens with zero attached hydrogens (tertiary/aromatic N) is 2. The number of carbonyl (C=O) groups excluding carboxylic acids is 3. The van der Waals surface area contributed by atoms with E-state index in [1.807, 2.05) is 20.8 Å². The maximum atomic E-state index is 11.9. The minimum atomic E-state index is -0.555. The standard InChI is InChI=1S/C15H28N2O5/c1-6-7-8-21-14(19)10-16(4)13(18)9-17(5)15(20)22-11-12(2)3/h12H,6-11H2,1-5H3. The van der Waals surface area contributed by atoms with Gasteiger partial charge in [0.15, 0.2) is 0 Å². The first-order valence-corrected chi connectivity index (χ1v) is 7.55. The highest BCUT2D eigenvalue weighted by molar-refractivity contribution is 5.85. The maximum absolute atomic E-state index is 11.9. The second-order valence-electron chi connectivity index (χ2n) is 5.65. The van der Waals surface area contributed by atoms with E-state index in [1.54, 1.807) is 0 Å². The van der Waals surface area contributed by atoms with Gasteiger partial charge in [-0.25, -0.2) is 4.79 Å². The second-order valence-corrected chi connectivity index (χ2v) is 5.65. The normalized spacial score (nSPS) is 10.3. The molecule has 0 atom stereocenters. The van der Waals surface area contributed by atoms with Gasteiger partial charge in [-0.1, -0.05) is 27.2 Å².